The van der Waals surface area contributed by atoms with Crippen molar-refractivity contribution in [3.8, 4) is 0 Å². The van der Waals surface area contributed by atoms with E-state index in [2.05, 4.69) is 15.9 Å². The number of hydrogen-bond donors (Lipinski definition) is 1. The van der Waals surface area contributed by atoms with Gasteiger partial charge in [0.2, 0.25) is 0 Å². The molecule has 5 heteroatoms. The van der Waals surface area contributed by atoms with Crippen LogP contribution in [0.3, 0.4) is 0 Å². The van der Waals surface area contributed by atoms with E-state index in [9.17, 15) is 13.2 Å². The van der Waals surface area contributed by atoms with Gasteiger partial charge in [0.25, 0.3) is 0 Å². The molecule has 0 fully saturated rings. The molecule has 1 aromatic carbocycles. The van der Waals surface area contributed by atoms with E-state index < -0.39 is 12.6 Å². The quantitative estimate of drug-likeness (QED) is 0.871. The van der Waals surface area contributed by atoms with E-state index >= 15 is 0 Å². The summed E-state index contributed by atoms with van der Waals surface area (Å²) in [5.74, 6) is 0. The third-order valence-electron chi connectivity index (χ3n) is 2.68. The van der Waals surface area contributed by atoms with Crippen LogP contribution in [0, 0.1) is 6.92 Å². The molecule has 2 N–H and O–H groups in total. The van der Waals surface area contributed by atoms with Gasteiger partial charge in [-0.15, -0.1) is 0 Å². The molecule has 0 heterocycles. The lowest BCUT2D eigenvalue weighted by molar-refractivity contribution is -0.135. The van der Waals surface area contributed by atoms with Crippen molar-refractivity contribution in [3.05, 3.63) is 33.8 Å². The highest BCUT2D eigenvalue weighted by molar-refractivity contribution is 9.10. The summed E-state index contributed by atoms with van der Waals surface area (Å²) in [6, 6.07) is 5.25. The second-order valence-corrected chi connectivity index (χ2v) is 4.92. The van der Waals surface area contributed by atoms with E-state index in [4.69, 9.17) is 5.73 Å². The van der Waals surface area contributed by atoms with Gasteiger partial charge in [0.1, 0.15) is 0 Å². The molecule has 17 heavy (non-hydrogen) atoms. The van der Waals surface area contributed by atoms with Gasteiger partial charge >= 0.3 is 6.18 Å². The molecule has 0 aliphatic carbocycles. The van der Waals surface area contributed by atoms with E-state index in [1.54, 1.807) is 0 Å². The summed E-state index contributed by atoms with van der Waals surface area (Å²) in [7, 11) is 0. The highest BCUT2D eigenvalue weighted by Crippen LogP contribution is 2.28. The van der Waals surface area contributed by atoms with E-state index in [-0.39, 0.29) is 12.5 Å². The molecule has 1 aromatic rings. The van der Waals surface area contributed by atoms with Crippen LogP contribution in [0.1, 0.15) is 36.4 Å². The molecule has 0 aliphatic heterocycles. The van der Waals surface area contributed by atoms with Crippen molar-refractivity contribution < 1.29 is 13.2 Å². The zero-order valence-electron chi connectivity index (χ0n) is 9.52. The molecule has 96 valence electrons. The van der Waals surface area contributed by atoms with Crippen LogP contribution in [0.25, 0.3) is 0 Å². The maximum atomic E-state index is 12.0. The van der Waals surface area contributed by atoms with Gasteiger partial charge in [-0.25, -0.2) is 0 Å². The van der Waals surface area contributed by atoms with E-state index in [0.29, 0.717) is 6.42 Å². The van der Waals surface area contributed by atoms with Gasteiger partial charge in [-0.3, -0.25) is 0 Å². The molecule has 1 rings (SSSR count). The minimum atomic E-state index is -4.09. The molecule has 1 unspecified atom stereocenters. The Hall–Kier alpha value is -0.550. The lowest BCUT2D eigenvalue weighted by atomic mass is 9.98. The van der Waals surface area contributed by atoms with Crippen LogP contribution in [-0.4, -0.2) is 6.18 Å². The van der Waals surface area contributed by atoms with Crippen LogP contribution in [0.4, 0.5) is 13.2 Å². The average Bonchev–Trinajstić information content (AvgIpc) is 2.20. The van der Waals surface area contributed by atoms with E-state index in [1.807, 2.05) is 25.1 Å². The summed E-state index contributed by atoms with van der Waals surface area (Å²) in [6.07, 6.45) is -4.45. The highest BCUT2D eigenvalue weighted by atomic mass is 79.9. The summed E-state index contributed by atoms with van der Waals surface area (Å²) in [6.45, 7) is 1.91. The van der Waals surface area contributed by atoms with Gasteiger partial charge in [-0.05, 0) is 37.0 Å². The largest absolute Gasteiger partial charge is 0.389 e. The molecular formula is C12H15BrF3N. The number of rotatable bonds is 4. The smallest absolute Gasteiger partial charge is 0.324 e. The van der Waals surface area contributed by atoms with Crippen molar-refractivity contribution in [1.29, 1.82) is 0 Å². The van der Waals surface area contributed by atoms with E-state index in [0.717, 1.165) is 15.6 Å². The number of hydrogen-bond acceptors (Lipinski definition) is 1. The van der Waals surface area contributed by atoms with Crippen molar-refractivity contribution in [2.45, 2.75) is 38.4 Å². The molecule has 0 spiro atoms. The Balaban J connectivity index is 2.58. The zero-order chi connectivity index (χ0) is 13.1. The summed E-state index contributed by atoms with van der Waals surface area (Å²) in [5.41, 5.74) is 7.80. The molecule has 0 saturated heterocycles. The third-order valence-corrected chi connectivity index (χ3v) is 3.54. The van der Waals surface area contributed by atoms with E-state index in [1.165, 1.54) is 0 Å². The molecule has 0 saturated carbocycles. The van der Waals surface area contributed by atoms with Crippen molar-refractivity contribution >= 4 is 15.9 Å². The Morgan fingerprint density at radius 3 is 2.59 bits per heavy atom. The molecular weight excluding hydrogens is 295 g/mol. The summed E-state index contributed by atoms with van der Waals surface area (Å²) < 4.78 is 36.9. The highest BCUT2D eigenvalue weighted by Gasteiger charge is 2.26. The van der Waals surface area contributed by atoms with Crippen LogP contribution in [0.5, 0.6) is 0 Å². The topological polar surface area (TPSA) is 26.0 Å². The van der Waals surface area contributed by atoms with Crippen molar-refractivity contribution in [2.75, 3.05) is 0 Å². The predicted molar refractivity (Wildman–Crippen MR) is 65.7 cm³/mol. The van der Waals surface area contributed by atoms with Crippen molar-refractivity contribution in [2.24, 2.45) is 5.73 Å². The standard InChI is InChI=1S/C12H15BrF3N/c1-8-9(4-2-5-10(8)13)11(17)6-3-7-12(14,15)16/h2,4-5,11H,3,6-7,17H2,1H3. The predicted octanol–water partition coefficient (Wildman–Crippen LogP) is 4.49. The summed E-state index contributed by atoms with van der Waals surface area (Å²) >= 11 is 3.38. The Morgan fingerprint density at radius 1 is 1.35 bits per heavy atom. The van der Waals surface area contributed by atoms with Gasteiger partial charge < -0.3 is 5.73 Å². The summed E-state index contributed by atoms with van der Waals surface area (Å²) in [4.78, 5) is 0. The van der Waals surface area contributed by atoms with Crippen LogP contribution < -0.4 is 5.73 Å². The Kier molecular flexibility index (Phi) is 5.01. The Labute approximate surface area is 107 Å². The minimum absolute atomic E-state index is 0.0661. The van der Waals surface area contributed by atoms with Gasteiger partial charge in [-0.1, -0.05) is 28.1 Å². The van der Waals surface area contributed by atoms with Gasteiger partial charge in [0.05, 0.1) is 0 Å². The number of nitrogens with two attached hydrogens (primary N) is 1. The first-order valence-corrected chi connectivity index (χ1v) is 6.18. The van der Waals surface area contributed by atoms with Crippen molar-refractivity contribution in [3.63, 3.8) is 0 Å². The SMILES string of the molecule is Cc1c(Br)cccc1C(N)CCCC(F)(F)F. The first-order chi connectivity index (χ1) is 7.81. The van der Waals surface area contributed by atoms with Crippen LogP contribution in [-0.2, 0) is 0 Å². The average molecular weight is 310 g/mol. The molecule has 0 aromatic heterocycles. The number of halogens is 4. The third kappa shape index (κ3) is 4.68. The van der Waals surface area contributed by atoms with Gasteiger partial charge in [0, 0.05) is 16.9 Å². The summed E-state index contributed by atoms with van der Waals surface area (Å²) in [5, 5.41) is 0. The van der Waals surface area contributed by atoms with Gasteiger partial charge in [0.15, 0.2) is 0 Å². The fourth-order valence-electron chi connectivity index (χ4n) is 1.70. The second kappa shape index (κ2) is 5.87. The minimum Gasteiger partial charge on any atom is -0.324 e. The second-order valence-electron chi connectivity index (χ2n) is 4.07. The molecule has 0 radical (unpaired) electrons. The molecule has 0 aliphatic rings. The normalized spacial score (nSPS) is 13.8. The fraction of sp³-hybridized carbons (Fsp3) is 0.500. The van der Waals surface area contributed by atoms with Gasteiger partial charge in [-0.2, -0.15) is 13.2 Å². The maximum absolute atomic E-state index is 12.0. The molecule has 1 atom stereocenters. The number of alkyl halides is 3. The first kappa shape index (κ1) is 14.5. The van der Waals surface area contributed by atoms with Crippen LogP contribution in [0.15, 0.2) is 22.7 Å². The first-order valence-electron chi connectivity index (χ1n) is 5.38. The van der Waals surface area contributed by atoms with Crippen LogP contribution >= 0.6 is 15.9 Å². The zero-order valence-corrected chi connectivity index (χ0v) is 11.1. The lowest BCUT2D eigenvalue weighted by Gasteiger charge is -2.16. The van der Waals surface area contributed by atoms with Crippen LogP contribution in [0.2, 0.25) is 0 Å². The Morgan fingerprint density at radius 2 is 2.00 bits per heavy atom. The maximum Gasteiger partial charge on any atom is 0.389 e. The Bertz CT molecular complexity index is 377. The lowest BCUT2D eigenvalue weighted by Crippen LogP contribution is -2.14. The number of benzene rings is 1. The monoisotopic (exact) mass is 309 g/mol. The molecule has 0 bridgehead atoms. The fourth-order valence-corrected chi connectivity index (χ4v) is 2.09. The van der Waals surface area contributed by atoms with Crippen molar-refractivity contribution in [1.82, 2.24) is 0 Å². The molecule has 0 amide bonds. The molecule has 1 nitrogen and oxygen atoms in total.